The van der Waals surface area contributed by atoms with E-state index in [1.165, 1.54) is 199 Å². The quantitative estimate of drug-likeness (QED) is 0.0222. The zero-order valence-electron chi connectivity index (χ0n) is 62.1. The second-order valence-electron chi connectivity index (χ2n) is 28.8. The van der Waals surface area contributed by atoms with Gasteiger partial charge in [-0.3, -0.25) is 37.3 Å². The van der Waals surface area contributed by atoms with E-state index >= 15 is 0 Å². The highest BCUT2D eigenvalue weighted by atomic mass is 31.2. The first-order chi connectivity index (χ1) is 45.7. The van der Waals surface area contributed by atoms with Crippen molar-refractivity contribution >= 4 is 39.5 Å². The summed E-state index contributed by atoms with van der Waals surface area (Å²) >= 11 is 0. The Labute approximate surface area is 581 Å². The number of ether oxygens (including phenoxy) is 4. The zero-order valence-corrected chi connectivity index (χ0v) is 63.9. The molecule has 0 aromatic rings. The van der Waals surface area contributed by atoms with Crippen molar-refractivity contribution in [3.05, 3.63) is 0 Å². The van der Waals surface area contributed by atoms with Gasteiger partial charge in [0.15, 0.2) is 12.2 Å². The van der Waals surface area contributed by atoms with Gasteiger partial charge in [0, 0.05) is 25.7 Å². The summed E-state index contributed by atoms with van der Waals surface area (Å²) in [5.41, 5.74) is 0. The summed E-state index contributed by atoms with van der Waals surface area (Å²) in [7, 11) is -9.91. The van der Waals surface area contributed by atoms with Gasteiger partial charge in [-0.2, -0.15) is 0 Å². The molecule has 0 saturated carbocycles. The Morgan fingerprint density at radius 2 is 0.484 bits per heavy atom. The summed E-state index contributed by atoms with van der Waals surface area (Å²) < 4.78 is 68.5. The molecule has 0 aromatic carbocycles. The zero-order chi connectivity index (χ0) is 70.1. The maximum Gasteiger partial charge on any atom is 0.472 e. The van der Waals surface area contributed by atoms with Gasteiger partial charge in [-0.1, -0.05) is 337 Å². The van der Waals surface area contributed by atoms with E-state index in [0.29, 0.717) is 25.7 Å². The lowest BCUT2D eigenvalue weighted by Gasteiger charge is -2.21. The molecular formula is C76H148O17P2. The van der Waals surface area contributed by atoms with E-state index in [-0.39, 0.29) is 25.7 Å². The molecule has 0 bridgehead atoms. The third-order valence-corrected chi connectivity index (χ3v) is 19.5. The Kier molecular flexibility index (Phi) is 65.2. The number of rotatable bonds is 74. The summed E-state index contributed by atoms with van der Waals surface area (Å²) in [6.45, 7) is 11.9. The minimum atomic E-state index is -4.96. The van der Waals surface area contributed by atoms with Gasteiger partial charge in [-0.05, 0) is 43.4 Å². The normalized spacial score (nSPS) is 14.1. The fourth-order valence-electron chi connectivity index (χ4n) is 11.6. The van der Waals surface area contributed by atoms with Crippen LogP contribution in [0.4, 0.5) is 0 Å². The summed E-state index contributed by atoms with van der Waals surface area (Å²) in [6, 6.07) is 0. The van der Waals surface area contributed by atoms with Crippen LogP contribution in [0.2, 0.25) is 0 Å². The molecule has 3 N–H and O–H groups in total. The van der Waals surface area contributed by atoms with E-state index in [4.69, 9.17) is 37.0 Å². The fourth-order valence-corrected chi connectivity index (χ4v) is 13.2. The van der Waals surface area contributed by atoms with Crippen molar-refractivity contribution < 1.29 is 80.2 Å². The molecular weight excluding hydrogens is 1250 g/mol. The highest BCUT2D eigenvalue weighted by molar-refractivity contribution is 7.47. The molecule has 5 atom stereocenters. The second kappa shape index (κ2) is 66.6. The fraction of sp³-hybridized carbons (Fsp3) is 0.947. The molecule has 0 radical (unpaired) electrons. The number of phosphoric ester groups is 2. The Morgan fingerprint density at radius 1 is 0.284 bits per heavy atom. The summed E-state index contributed by atoms with van der Waals surface area (Å²) in [6.07, 6.45) is 52.7. The molecule has 0 aliphatic carbocycles. The molecule has 19 heteroatoms. The lowest BCUT2D eigenvalue weighted by atomic mass is 10.0. The molecule has 95 heavy (non-hydrogen) atoms. The number of hydrogen-bond acceptors (Lipinski definition) is 15. The van der Waals surface area contributed by atoms with Crippen LogP contribution in [0.15, 0.2) is 0 Å². The number of carbonyl (C=O) groups is 4. The highest BCUT2D eigenvalue weighted by Crippen LogP contribution is 2.45. The van der Waals surface area contributed by atoms with Crippen molar-refractivity contribution in [2.24, 2.45) is 17.8 Å². The first-order valence-electron chi connectivity index (χ1n) is 39.3. The van der Waals surface area contributed by atoms with Crippen LogP contribution in [0, 0.1) is 17.8 Å². The van der Waals surface area contributed by atoms with E-state index in [2.05, 4.69) is 48.5 Å². The van der Waals surface area contributed by atoms with Crippen molar-refractivity contribution in [3.63, 3.8) is 0 Å². The topological polar surface area (TPSA) is 237 Å². The van der Waals surface area contributed by atoms with E-state index in [0.717, 1.165) is 108 Å². The Morgan fingerprint density at radius 3 is 0.716 bits per heavy atom. The smallest absolute Gasteiger partial charge is 0.462 e. The summed E-state index contributed by atoms with van der Waals surface area (Å²) in [4.78, 5) is 72.8. The maximum absolute atomic E-state index is 13.1. The maximum atomic E-state index is 13.1. The van der Waals surface area contributed by atoms with Gasteiger partial charge in [0.2, 0.25) is 0 Å². The number of phosphoric acid groups is 2. The lowest BCUT2D eigenvalue weighted by molar-refractivity contribution is -0.161. The van der Waals surface area contributed by atoms with E-state index < -0.39 is 97.5 Å². The average molecular weight is 1400 g/mol. The third-order valence-electron chi connectivity index (χ3n) is 17.6. The molecule has 17 nitrogen and oxygen atoms in total. The number of aliphatic hydroxyl groups excluding tert-OH is 1. The lowest BCUT2D eigenvalue weighted by Crippen LogP contribution is -2.30. The third kappa shape index (κ3) is 70.3. The largest absolute Gasteiger partial charge is 0.472 e. The van der Waals surface area contributed by atoms with Gasteiger partial charge in [-0.15, -0.1) is 0 Å². The SMILES string of the molecule is CCCCCCCCCCCC(=O)OC[C@H](COP(=O)(O)OC[C@H](O)COP(=O)(O)OC[C@@H](COC(=O)CCCCCCCCCCCCCCCC(C)C)OC(=O)CCCCCCCCCCCCCCCCC(C)C)OC(=O)CCCCCCCCCCCCC(C)C. The van der Waals surface area contributed by atoms with Crippen molar-refractivity contribution in [1.29, 1.82) is 0 Å². The van der Waals surface area contributed by atoms with Gasteiger partial charge < -0.3 is 33.8 Å². The van der Waals surface area contributed by atoms with Crippen LogP contribution in [0.5, 0.6) is 0 Å². The number of aliphatic hydroxyl groups is 1. The molecule has 564 valence electrons. The van der Waals surface area contributed by atoms with Gasteiger partial charge in [0.05, 0.1) is 26.4 Å². The first-order valence-corrected chi connectivity index (χ1v) is 42.3. The molecule has 2 unspecified atom stereocenters. The highest BCUT2D eigenvalue weighted by Gasteiger charge is 2.30. The molecule has 0 amide bonds. The van der Waals surface area contributed by atoms with Gasteiger partial charge in [-0.25, -0.2) is 9.13 Å². The van der Waals surface area contributed by atoms with E-state index in [1.807, 2.05) is 0 Å². The van der Waals surface area contributed by atoms with Crippen LogP contribution in [0.3, 0.4) is 0 Å². The molecule has 0 aliphatic rings. The standard InChI is InChI=1S/C76H148O17P2/c1-8-9-10-11-12-26-36-43-50-57-73(78)86-63-71(93-76(81)60-53-46-39-32-25-24-29-35-42-49-56-69(6)7)65-90-94(82,83)88-61-70(77)62-89-95(84,85)91-66-72(64-87-74(79)58-51-44-37-30-22-19-15-17-21-28-34-41-48-55-68(4)5)92-75(80)59-52-45-38-31-23-18-14-13-16-20-27-33-40-47-54-67(2)3/h67-72,77H,8-66H2,1-7H3,(H,82,83)(H,84,85)/t70-,71+,72+/m0/s1. The van der Waals surface area contributed by atoms with Crippen molar-refractivity contribution in [1.82, 2.24) is 0 Å². The van der Waals surface area contributed by atoms with Crippen molar-refractivity contribution in [2.45, 2.75) is 407 Å². The molecule has 0 spiro atoms. The molecule has 0 aromatic heterocycles. The van der Waals surface area contributed by atoms with Gasteiger partial charge in [0.1, 0.15) is 19.3 Å². The molecule has 0 rings (SSSR count). The Hall–Kier alpha value is -1.94. The molecule has 0 fully saturated rings. The van der Waals surface area contributed by atoms with E-state index in [9.17, 15) is 43.2 Å². The van der Waals surface area contributed by atoms with Crippen molar-refractivity contribution in [3.8, 4) is 0 Å². The van der Waals surface area contributed by atoms with Crippen LogP contribution in [0.1, 0.15) is 389 Å². The second-order valence-corrected chi connectivity index (χ2v) is 31.7. The number of hydrogen-bond donors (Lipinski definition) is 3. The van der Waals surface area contributed by atoms with Crippen LogP contribution in [0.25, 0.3) is 0 Å². The molecule has 0 heterocycles. The van der Waals surface area contributed by atoms with Crippen LogP contribution >= 0.6 is 15.6 Å². The monoisotopic (exact) mass is 1400 g/mol. The minimum absolute atomic E-state index is 0.106. The Bertz CT molecular complexity index is 1850. The number of esters is 4. The predicted molar refractivity (Wildman–Crippen MR) is 386 cm³/mol. The molecule has 0 saturated heterocycles. The first kappa shape index (κ1) is 93.1. The average Bonchev–Trinajstić information content (AvgIpc) is 1.88. The van der Waals surface area contributed by atoms with Gasteiger partial charge >= 0.3 is 39.5 Å². The summed E-state index contributed by atoms with van der Waals surface area (Å²) in [5.74, 6) is 0.220. The predicted octanol–water partition coefficient (Wildman–Crippen LogP) is 22.2. The summed E-state index contributed by atoms with van der Waals surface area (Å²) in [5, 5.41) is 10.6. The van der Waals surface area contributed by atoms with Crippen LogP contribution in [-0.2, 0) is 65.4 Å². The Balaban J connectivity index is 5.24. The van der Waals surface area contributed by atoms with Crippen LogP contribution < -0.4 is 0 Å². The van der Waals surface area contributed by atoms with E-state index in [1.54, 1.807) is 0 Å². The minimum Gasteiger partial charge on any atom is -0.462 e. The van der Waals surface area contributed by atoms with Crippen molar-refractivity contribution in [2.75, 3.05) is 39.6 Å². The number of unbranched alkanes of at least 4 members (excludes halogenated alkanes) is 42. The number of carbonyl (C=O) groups excluding carboxylic acids is 4. The molecule has 0 aliphatic heterocycles. The van der Waals surface area contributed by atoms with Crippen LogP contribution in [-0.4, -0.2) is 96.7 Å². The van der Waals surface area contributed by atoms with Gasteiger partial charge in [0.25, 0.3) is 0 Å².